The molecule has 0 aromatic rings. The quantitative estimate of drug-likeness (QED) is 0.689. The van der Waals surface area contributed by atoms with E-state index in [1.165, 1.54) is 0 Å². The zero-order valence-corrected chi connectivity index (χ0v) is 7.44. The van der Waals surface area contributed by atoms with E-state index >= 15 is 0 Å². The first-order valence-corrected chi connectivity index (χ1v) is 3.62. The standard InChI is InChI=1S/C6H3F11/c7-1-3(9,10)6(16,17)4(11,12)2(8)5(13,14)15/h2H,1H2. The lowest BCUT2D eigenvalue weighted by molar-refractivity contribution is -0.357. The second-order valence-corrected chi connectivity index (χ2v) is 2.94. The Morgan fingerprint density at radius 3 is 1.35 bits per heavy atom. The van der Waals surface area contributed by atoms with E-state index in [4.69, 9.17) is 0 Å². The van der Waals surface area contributed by atoms with E-state index in [2.05, 4.69) is 0 Å². The summed E-state index contributed by atoms with van der Waals surface area (Å²) in [6.07, 6.45) is -12.0. The Bertz CT molecular complexity index is 264. The molecule has 0 saturated heterocycles. The van der Waals surface area contributed by atoms with Gasteiger partial charge < -0.3 is 0 Å². The molecule has 11 heteroatoms. The van der Waals surface area contributed by atoms with Gasteiger partial charge in [0.15, 0.2) is 6.67 Å². The lowest BCUT2D eigenvalue weighted by atomic mass is 10.0. The molecule has 0 radical (unpaired) electrons. The van der Waals surface area contributed by atoms with Crippen LogP contribution in [0.25, 0.3) is 0 Å². The second kappa shape index (κ2) is 4.16. The maximum Gasteiger partial charge on any atom is 0.425 e. The third-order valence-electron chi connectivity index (χ3n) is 1.65. The van der Waals surface area contributed by atoms with E-state index in [0.29, 0.717) is 0 Å². The predicted octanol–water partition coefficient (Wildman–Crippen LogP) is 3.76. The molecule has 0 rings (SSSR count). The Kier molecular flexibility index (Phi) is 3.97. The maximum atomic E-state index is 12.3. The van der Waals surface area contributed by atoms with Crippen LogP contribution in [-0.4, -0.2) is 36.8 Å². The molecule has 0 nitrogen and oxygen atoms in total. The summed E-state index contributed by atoms with van der Waals surface area (Å²) < 4.78 is 131. The van der Waals surface area contributed by atoms with Gasteiger partial charge in [0.1, 0.15) is 0 Å². The van der Waals surface area contributed by atoms with Crippen molar-refractivity contribution >= 4 is 0 Å². The highest BCUT2D eigenvalue weighted by molar-refractivity contribution is 5.02. The van der Waals surface area contributed by atoms with Crippen molar-refractivity contribution in [2.45, 2.75) is 30.1 Å². The summed E-state index contributed by atoms with van der Waals surface area (Å²) in [5.74, 6) is -19.7. The van der Waals surface area contributed by atoms with Crippen LogP contribution in [0.3, 0.4) is 0 Å². The van der Waals surface area contributed by atoms with Crippen molar-refractivity contribution in [1.82, 2.24) is 0 Å². The molecule has 0 aliphatic heterocycles. The largest absolute Gasteiger partial charge is 0.425 e. The third kappa shape index (κ3) is 2.57. The molecule has 0 heterocycles. The zero-order chi connectivity index (χ0) is 14.3. The van der Waals surface area contributed by atoms with Gasteiger partial charge in [-0.15, -0.1) is 0 Å². The summed E-state index contributed by atoms with van der Waals surface area (Å²) in [6, 6.07) is 0. The molecular formula is C6H3F11. The first-order chi connectivity index (χ1) is 7.22. The van der Waals surface area contributed by atoms with Crippen molar-refractivity contribution in [3.8, 4) is 0 Å². The fourth-order valence-corrected chi connectivity index (χ4v) is 0.692. The van der Waals surface area contributed by atoms with Gasteiger partial charge in [-0.1, -0.05) is 0 Å². The zero-order valence-electron chi connectivity index (χ0n) is 7.44. The highest BCUT2D eigenvalue weighted by Crippen LogP contribution is 2.51. The van der Waals surface area contributed by atoms with E-state index in [0.717, 1.165) is 0 Å². The molecule has 104 valence electrons. The van der Waals surface area contributed by atoms with E-state index < -0.39 is 36.8 Å². The van der Waals surface area contributed by atoms with Crippen LogP contribution < -0.4 is 0 Å². The number of hydrogen-bond acceptors (Lipinski definition) is 0. The molecule has 0 saturated carbocycles. The molecule has 1 unspecified atom stereocenters. The van der Waals surface area contributed by atoms with Gasteiger partial charge in [0.25, 0.3) is 6.17 Å². The summed E-state index contributed by atoms with van der Waals surface area (Å²) >= 11 is 0. The lowest BCUT2D eigenvalue weighted by Gasteiger charge is -2.33. The van der Waals surface area contributed by atoms with Crippen LogP contribution in [0.1, 0.15) is 0 Å². The normalized spacial score (nSPS) is 17.1. The van der Waals surface area contributed by atoms with Crippen LogP contribution in [0.15, 0.2) is 0 Å². The molecule has 0 aliphatic rings. The molecule has 0 aliphatic carbocycles. The third-order valence-corrected chi connectivity index (χ3v) is 1.65. The summed E-state index contributed by atoms with van der Waals surface area (Å²) in [5.41, 5.74) is 0. The Labute approximate surface area is 86.4 Å². The molecule has 1 atom stereocenters. The highest BCUT2D eigenvalue weighted by atomic mass is 19.4. The van der Waals surface area contributed by atoms with Crippen molar-refractivity contribution < 1.29 is 48.3 Å². The summed E-state index contributed by atoms with van der Waals surface area (Å²) in [6.45, 7) is -3.36. The highest BCUT2D eigenvalue weighted by Gasteiger charge is 2.78. The van der Waals surface area contributed by atoms with Crippen LogP contribution in [0, 0.1) is 0 Å². The van der Waals surface area contributed by atoms with Crippen LogP contribution in [-0.2, 0) is 0 Å². The van der Waals surface area contributed by atoms with Gasteiger partial charge in [0.05, 0.1) is 0 Å². The van der Waals surface area contributed by atoms with Gasteiger partial charge in [0.2, 0.25) is 0 Å². The Balaban J connectivity index is 5.45. The number of alkyl halides is 11. The molecule has 0 spiro atoms. The second-order valence-electron chi connectivity index (χ2n) is 2.94. The number of hydrogen-bond donors (Lipinski definition) is 0. The van der Waals surface area contributed by atoms with E-state index in [9.17, 15) is 48.3 Å². The molecular weight excluding hydrogens is 281 g/mol. The first-order valence-electron chi connectivity index (χ1n) is 3.62. The fraction of sp³-hybridized carbons (Fsp3) is 1.00. The van der Waals surface area contributed by atoms with E-state index in [1.54, 1.807) is 0 Å². The van der Waals surface area contributed by atoms with Crippen LogP contribution in [0.2, 0.25) is 0 Å². The first kappa shape index (κ1) is 16.2. The molecule has 0 aromatic heterocycles. The smallest absolute Gasteiger partial charge is 0.244 e. The van der Waals surface area contributed by atoms with Crippen molar-refractivity contribution in [1.29, 1.82) is 0 Å². The number of halogens is 11. The van der Waals surface area contributed by atoms with Gasteiger partial charge in [-0.3, -0.25) is 0 Å². The van der Waals surface area contributed by atoms with E-state index in [1.807, 2.05) is 0 Å². The van der Waals surface area contributed by atoms with Crippen LogP contribution in [0.5, 0.6) is 0 Å². The fourth-order valence-electron chi connectivity index (χ4n) is 0.692. The van der Waals surface area contributed by atoms with Crippen molar-refractivity contribution in [2.75, 3.05) is 6.67 Å². The predicted molar refractivity (Wildman–Crippen MR) is 31.8 cm³/mol. The van der Waals surface area contributed by atoms with Crippen molar-refractivity contribution in [2.24, 2.45) is 0 Å². The van der Waals surface area contributed by atoms with Crippen LogP contribution in [0.4, 0.5) is 48.3 Å². The molecule has 0 bridgehead atoms. The maximum absolute atomic E-state index is 12.3. The van der Waals surface area contributed by atoms with Crippen LogP contribution >= 0.6 is 0 Å². The molecule has 17 heavy (non-hydrogen) atoms. The number of rotatable bonds is 4. The topological polar surface area (TPSA) is 0 Å². The van der Waals surface area contributed by atoms with Gasteiger partial charge in [-0.25, -0.2) is 8.78 Å². The molecule has 0 fully saturated rings. The average Bonchev–Trinajstić information content (AvgIpc) is 2.14. The van der Waals surface area contributed by atoms with Gasteiger partial charge >= 0.3 is 23.9 Å². The summed E-state index contributed by atoms with van der Waals surface area (Å²) in [4.78, 5) is 0. The lowest BCUT2D eigenvalue weighted by Crippen LogP contribution is -2.62. The SMILES string of the molecule is FCC(F)(F)C(F)(F)C(F)(F)C(F)C(F)(F)F. The van der Waals surface area contributed by atoms with Crippen molar-refractivity contribution in [3.63, 3.8) is 0 Å². The van der Waals surface area contributed by atoms with Gasteiger partial charge in [-0.05, 0) is 0 Å². The minimum atomic E-state index is -6.82. The molecule has 0 amide bonds. The average molecular weight is 284 g/mol. The minimum absolute atomic E-state index is 3.36. The summed E-state index contributed by atoms with van der Waals surface area (Å²) in [7, 11) is 0. The monoisotopic (exact) mass is 284 g/mol. The molecule has 0 aromatic carbocycles. The Morgan fingerprint density at radius 2 is 1.12 bits per heavy atom. The molecule has 0 N–H and O–H groups in total. The Hall–Kier alpha value is -0.770. The van der Waals surface area contributed by atoms with Gasteiger partial charge in [0, 0.05) is 0 Å². The summed E-state index contributed by atoms with van der Waals surface area (Å²) in [5, 5.41) is 0. The minimum Gasteiger partial charge on any atom is -0.244 e. The van der Waals surface area contributed by atoms with Crippen molar-refractivity contribution in [3.05, 3.63) is 0 Å². The van der Waals surface area contributed by atoms with E-state index in [-0.39, 0.29) is 0 Å². The Morgan fingerprint density at radius 1 is 0.765 bits per heavy atom. The van der Waals surface area contributed by atoms with Gasteiger partial charge in [-0.2, -0.15) is 39.5 Å².